The molecule has 1 fully saturated rings. The molecule has 1 unspecified atom stereocenters. The van der Waals surface area contributed by atoms with E-state index in [0.717, 1.165) is 35.1 Å². The number of benzene rings is 1. The van der Waals surface area contributed by atoms with E-state index in [2.05, 4.69) is 51.4 Å². The number of aryl methyl sites for hydroxylation is 1. The molecule has 0 spiro atoms. The molecule has 160 valence electrons. The van der Waals surface area contributed by atoms with Crippen LogP contribution in [0.1, 0.15) is 31.7 Å². The number of ether oxygens (including phenoxy) is 1. The molecule has 0 saturated carbocycles. The summed E-state index contributed by atoms with van der Waals surface area (Å²) in [5.41, 5.74) is 1.21. The summed E-state index contributed by atoms with van der Waals surface area (Å²) in [5.74, 6) is 0.355. The van der Waals surface area contributed by atoms with Gasteiger partial charge in [0, 0.05) is 36.9 Å². The molecule has 1 atom stereocenters. The van der Waals surface area contributed by atoms with Gasteiger partial charge in [-0.1, -0.05) is 29.5 Å². The first kappa shape index (κ1) is 22.1. The van der Waals surface area contributed by atoms with E-state index in [1.165, 1.54) is 5.56 Å². The van der Waals surface area contributed by atoms with Crippen LogP contribution in [0.4, 0.5) is 5.82 Å². The van der Waals surface area contributed by atoms with Gasteiger partial charge in [0.1, 0.15) is 5.03 Å². The molecule has 1 aliphatic heterocycles. The van der Waals surface area contributed by atoms with Crippen LogP contribution in [0.5, 0.6) is 0 Å². The highest BCUT2D eigenvalue weighted by atomic mass is 32.2. The van der Waals surface area contributed by atoms with Crippen LogP contribution in [-0.2, 0) is 14.3 Å². The van der Waals surface area contributed by atoms with Crippen molar-refractivity contribution in [2.45, 2.75) is 43.0 Å². The summed E-state index contributed by atoms with van der Waals surface area (Å²) in [4.78, 5) is 36.4. The van der Waals surface area contributed by atoms with Crippen LogP contribution in [0.15, 0.2) is 46.6 Å². The molecule has 1 aromatic heterocycles. The Hall–Kier alpha value is -2.61. The van der Waals surface area contributed by atoms with Gasteiger partial charge in [0.05, 0.1) is 18.9 Å². The second-order valence-corrected chi connectivity index (χ2v) is 8.29. The van der Waals surface area contributed by atoms with Crippen LogP contribution in [0.2, 0.25) is 0 Å². The van der Waals surface area contributed by atoms with Gasteiger partial charge in [0.15, 0.2) is 5.82 Å². The van der Waals surface area contributed by atoms with Crippen LogP contribution in [0.3, 0.4) is 0 Å². The first-order chi connectivity index (χ1) is 14.6. The number of anilines is 1. The Kier molecular flexibility index (Phi) is 8.07. The number of hydrogen-bond donors (Lipinski definition) is 1. The smallest absolute Gasteiger partial charge is 0.307 e. The van der Waals surface area contributed by atoms with E-state index in [4.69, 9.17) is 4.74 Å². The fraction of sp³-hybridized carbons (Fsp3) is 0.455. The van der Waals surface area contributed by atoms with Gasteiger partial charge in [0.2, 0.25) is 5.91 Å². The summed E-state index contributed by atoms with van der Waals surface area (Å²) < 4.78 is 4.90. The quantitative estimate of drug-likeness (QED) is 0.646. The average molecular weight is 429 g/mol. The van der Waals surface area contributed by atoms with Gasteiger partial charge >= 0.3 is 5.97 Å². The zero-order valence-corrected chi connectivity index (χ0v) is 18.3. The number of amides is 1. The first-order valence-electron chi connectivity index (χ1n) is 10.3. The standard InChI is InChI=1S/C22H28N4O3S/c1-3-29-19(27)10-11-24-21(28)17-5-4-14-26(15-17)20-22(25-13-12-23-20)30-18-8-6-16(2)7-9-18/h6-9,12-13,17H,3-5,10-11,14-15H2,1-2H3,(H,24,28). The summed E-state index contributed by atoms with van der Waals surface area (Å²) >= 11 is 1.58. The van der Waals surface area contributed by atoms with Gasteiger partial charge in [-0.05, 0) is 38.8 Å². The second kappa shape index (κ2) is 11.0. The highest BCUT2D eigenvalue weighted by Crippen LogP contribution is 2.34. The Labute approximate surface area is 181 Å². The van der Waals surface area contributed by atoms with Crippen LogP contribution < -0.4 is 10.2 Å². The molecule has 1 N–H and O–H groups in total. The number of carbonyl (C=O) groups is 2. The average Bonchev–Trinajstić information content (AvgIpc) is 2.76. The number of aromatic nitrogens is 2. The molecule has 1 aromatic carbocycles. The molecular weight excluding hydrogens is 400 g/mol. The van der Waals surface area contributed by atoms with E-state index in [1.807, 2.05) is 0 Å². The minimum absolute atomic E-state index is 0.0272. The van der Waals surface area contributed by atoms with Gasteiger partial charge < -0.3 is 15.0 Å². The SMILES string of the molecule is CCOC(=O)CCNC(=O)C1CCCN(c2nccnc2Sc2ccc(C)cc2)C1. The van der Waals surface area contributed by atoms with Crippen LogP contribution >= 0.6 is 11.8 Å². The van der Waals surface area contributed by atoms with Gasteiger partial charge in [-0.2, -0.15) is 0 Å². The fourth-order valence-electron chi connectivity index (χ4n) is 3.37. The Balaban J connectivity index is 1.61. The minimum Gasteiger partial charge on any atom is -0.466 e. The fourth-order valence-corrected chi connectivity index (χ4v) is 4.26. The minimum atomic E-state index is -0.291. The van der Waals surface area contributed by atoms with E-state index < -0.39 is 0 Å². The zero-order valence-electron chi connectivity index (χ0n) is 17.5. The number of hydrogen-bond acceptors (Lipinski definition) is 7. The summed E-state index contributed by atoms with van der Waals surface area (Å²) in [6.07, 6.45) is 5.31. The van der Waals surface area contributed by atoms with Gasteiger partial charge in [-0.15, -0.1) is 0 Å². The van der Waals surface area contributed by atoms with Crippen LogP contribution in [-0.4, -0.2) is 48.1 Å². The molecule has 2 heterocycles. The Bertz CT molecular complexity index is 860. The highest BCUT2D eigenvalue weighted by Gasteiger charge is 2.28. The molecule has 30 heavy (non-hydrogen) atoms. The van der Waals surface area contributed by atoms with E-state index >= 15 is 0 Å². The lowest BCUT2D eigenvalue weighted by atomic mass is 9.97. The summed E-state index contributed by atoms with van der Waals surface area (Å²) in [5, 5.41) is 3.70. The number of rotatable bonds is 8. The van der Waals surface area contributed by atoms with Crippen molar-refractivity contribution in [3.05, 3.63) is 42.2 Å². The Morgan fingerprint density at radius 2 is 2.00 bits per heavy atom. The zero-order chi connectivity index (χ0) is 21.3. The summed E-state index contributed by atoms with van der Waals surface area (Å²) in [7, 11) is 0. The molecule has 0 aliphatic carbocycles. The van der Waals surface area contributed by atoms with Crippen molar-refractivity contribution >= 4 is 29.5 Å². The van der Waals surface area contributed by atoms with Gasteiger partial charge in [-0.3, -0.25) is 9.59 Å². The van der Waals surface area contributed by atoms with E-state index in [-0.39, 0.29) is 24.2 Å². The summed E-state index contributed by atoms with van der Waals surface area (Å²) in [6, 6.07) is 8.31. The molecule has 2 aromatic rings. The maximum absolute atomic E-state index is 12.6. The van der Waals surface area contributed by atoms with Crippen LogP contribution in [0.25, 0.3) is 0 Å². The third-order valence-electron chi connectivity index (χ3n) is 4.91. The lowest BCUT2D eigenvalue weighted by Crippen LogP contribution is -2.44. The number of esters is 1. The van der Waals surface area contributed by atoms with Crippen molar-refractivity contribution in [2.24, 2.45) is 5.92 Å². The van der Waals surface area contributed by atoms with Gasteiger partial charge in [0.25, 0.3) is 0 Å². The number of piperidine rings is 1. The maximum Gasteiger partial charge on any atom is 0.307 e. The molecule has 8 heteroatoms. The van der Waals surface area contributed by atoms with E-state index in [9.17, 15) is 9.59 Å². The molecule has 1 saturated heterocycles. The molecule has 1 amide bonds. The molecule has 1 aliphatic rings. The Morgan fingerprint density at radius 1 is 1.23 bits per heavy atom. The van der Waals surface area contributed by atoms with Crippen molar-refractivity contribution in [1.82, 2.24) is 15.3 Å². The number of nitrogens with zero attached hydrogens (tertiary/aromatic N) is 3. The molecule has 3 rings (SSSR count). The number of nitrogens with one attached hydrogen (secondary N) is 1. The molecular formula is C22H28N4O3S. The molecule has 0 bridgehead atoms. The Morgan fingerprint density at radius 3 is 2.77 bits per heavy atom. The molecule has 7 nitrogen and oxygen atoms in total. The normalized spacial score (nSPS) is 16.2. The van der Waals surface area contributed by atoms with Gasteiger partial charge in [-0.25, -0.2) is 9.97 Å². The predicted octanol–water partition coefficient (Wildman–Crippen LogP) is 3.22. The largest absolute Gasteiger partial charge is 0.466 e. The number of carbonyl (C=O) groups excluding carboxylic acids is 2. The second-order valence-electron chi connectivity index (χ2n) is 7.23. The topological polar surface area (TPSA) is 84.4 Å². The van der Waals surface area contributed by atoms with Crippen molar-refractivity contribution in [3.8, 4) is 0 Å². The van der Waals surface area contributed by atoms with Crippen LogP contribution in [0, 0.1) is 12.8 Å². The maximum atomic E-state index is 12.6. The third-order valence-corrected chi connectivity index (χ3v) is 5.90. The van der Waals surface area contributed by atoms with Crippen molar-refractivity contribution in [1.29, 1.82) is 0 Å². The first-order valence-corrected chi connectivity index (χ1v) is 11.1. The van der Waals surface area contributed by atoms with Crippen molar-refractivity contribution in [2.75, 3.05) is 31.1 Å². The van der Waals surface area contributed by atoms with Crippen molar-refractivity contribution in [3.63, 3.8) is 0 Å². The van der Waals surface area contributed by atoms with E-state index in [1.54, 1.807) is 31.1 Å². The third kappa shape index (κ3) is 6.19. The monoisotopic (exact) mass is 428 g/mol. The predicted molar refractivity (Wildman–Crippen MR) is 117 cm³/mol. The lowest BCUT2D eigenvalue weighted by Gasteiger charge is -2.33. The molecule has 0 radical (unpaired) electrons. The highest BCUT2D eigenvalue weighted by molar-refractivity contribution is 7.99. The van der Waals surface area contributed by atoms with E-state index in [0.29, 0.717) is 19.7 Å². The summed E-state index contributed by atoms with van der Waals surface area (Å²) in [6.45, 7) is 5.91. The lowest BCUT2D eigenvalue weighted by molar-refractivity contribution is -0.143. The van der Waals surface area contributed by atoms with Crippen molar-refractivity contribution < 1.29 is 14.3 Å².